The predicted octanol–water partition coefficient (Wildman–Crippen LogP) is 1.51. The molecule has 0 unspecified atom stereocenters. The zero-order chi connectivity index (χ0) is 14.1. The van der Waals surface area contributed by atoms with E-state index in [0.29, 0.717) is 30.6 Å². The number of rotatable bonds is 4. The van der Waals surface area contributed by atoms with Crippen molar-refractivity contribution < 1.29 is 9.53 Å². The van der Waals surface area contributed by atoms with Crippen LogP contribution in [0.5, 0.6) is 5.88 Å². The lowest BCUT2D eigenvalue weighted by molar-refractivity contribution is -0.113. The maximum atomic E-state index is 11.4. The minimum Gasteiger partial charge on any atom is -0.477 e. The first-order valence-electron chi connectivity index (χ1n) is 6.59. The van der Waals surface area contributed by atoms with Crippen molar-refractivity contribution in [1.29, 1.82) is 0 Å². The number of aromatic nitrogens is 3. The van der Waals surface area contributed by atoms with Crippen molar-refractivity contribution in [2.45, 2.75) is 13.8 Å². The van der Waals surface area contributed by atoms with Gasteiger partial charge in [0.1, 0.15) is 12.0 Å². The summed E-state index contributed by atoms with van der Waals surface area (Å²) in [7, 11) is 0. The Kier molecular flexibility index (Phi) is 3.14. The third-order valence-electron chi connectivity index (χ3n) is 3.04. The molecular formula is C14H16N4O2. The number of carbonyl (C=O) groups is 1. The van der Waals surface area contributed by atoms with Gasteiger partial charge in [-0.3, -0.25) is 4.79 Å². The highest BCUT2D eigenvalue weighted by molar-refractivity contribution is 6.06. The Morgan fingerprint density at radius 2 is 2.25 bits per heavy atom. The molecule has 104 valence electrons. The number of ether oxygens (including phenoxy) is 1. The highest BCUT2D eigenvalue weighted by atomic mass is 16.5. The number of nitrogens with one attached hydrogen (secondary N) is 2. The summed E-state index contributed by atoms with van der Waals surface area (Å²) in [5.74, 6) is 1.02. The van der Waals surface area contributed by atoms with E-state index >= 15 is 0 Å². The summed E-state index contributed by atoms with van der Waals surface area (Å²) in [5.41, 5.74) is 2.35. The van der Waals surface area contributed by atoms with E-state index in [0.717, 1.165) is 16.6 Å². The van der Waals surface area contributed by atoms with E-state index in [2.05, 4.69) is 34.1 Å². The molecule has 2 aromatic rings. The molecule has 0 aromatic carbocycles. The Balaban J connectivity index is 2.05. The summed E-state index contributed by atoms with van der Waals surface area (Å²) in [6.07, 6.45) is 4.89. The molecule has 0 radical (unpaired) electrons. The van der Waals surface area contributed by atoms with Crippen LogP contribution in [-0.4, -0.2) is 33.9 Å². The largest absolute Gasteiger partial charge is 0.477 e. The van der Waals surface area contributed by atoms with Gasteiger partial charge in [0, 0.05) is 23.5 Å². The highest BCUT2D eigenvalue weighted by Crippen LogP contribution is 2.30. The van der Waals surface area contributed by atoms with Gasteiger partial charge in [0.25, 0.3) is 0 Å². The Labute approximate surface area is 116 Å². The van der Waals surface area contributed by atoms with Crippen LogP contribution >= 0.6 is 0 Å². The summed E-state index contributed by atoms with van der Waals surface area (Å²) in [4.78, 5) is 22.9. The maximum Gasteiger partial charge on any atom is 0.226 e. The van der Waals surface area contributed by atoms with Crippen molar-refractivity contribution in [2.75, 3.05) is 13.2 Å². The second-order valence-electron chi connectivity index (χ2n) is 5.19. The second kappa shape index (κ2) is 4.96. The van der Waals surface area contributed by atoms with Crippen LogP contribution < -0.4 is 10.1 Å². The molecule has 0 amide bonds. The van der Waals surface area contributed by atoms with E-state index in [1.54, 1.807) is 6.08 Å². The van der Waals surface area contributed by atoms with Crippen molar-refractivity contribution >= 4 is 22.5 Å². The monoisotopic (exact) mass is 272 g/mol. The van der Waals surface area contributed by atoms with Crippen LogP contribution in [-0.2, 0) is 4.79 Å². The Hall–Kier alpha value is -2.37. The maximum absolute atomic E-state index is 11.4. The van der Waals surface area contributed by atoms with Crippen LogP contribution in [0.2, 0.25) is 0 Å². The van der Waals surface area contributed by atoms with Gasteiger partial charge < -0.3 is 15.0 Å². The van der Waals surface area contributed by atoms with E-state index in [1.165, 1.54) is 6.33 Å². The summed E-state index contributed by atoms with van der Waals surface area (Å²) in [6, 6.07) is 0. The van der Waals surface area contributed by atoms with Crippen LogP contribution in [0, 0.1) is 5.92 Å². The van der Waals surface area contributed by atoms with Gasteiger partial charge in [-0.15, -0.1) is 0 Å². The average molecular weight is 272 g/mol. The molecule has 0 saturated carbocycles. The molecule has 0 bridgehead atoms. The minimum atomic E-state index is 0.0656. The minimum absolute atomic E-state index is 0.0656. The molecule has 0 spiro atoms. The van der Waals surface area contributed by atoms with Crippen LogP contribution in [0.15, 0.2) is 18.6 Å². The lowest BCUT2D eigenvalue weighted by atomic mass is 10.2. The summed E-state index contributed by atoms with van der Waals surface area (Å²) < 4.78 is 5.76. The SMILES string of the molecule is CC(C)COc1ncnc2[nH]cc(C3=CC(=O)CN3)c12. The molecule has 2 aromatic heterocycles. The van der Waals surface area contributed by atoms with Crippen LogP contribution in [0.1, 0.15) is 19.4 Å². The highest BCUT2D eigenvalue weighted by Gasteiger charge is 2.19. The molecule has 3 rings (SSSR count). The van der Waals surface area contributed by atoms with Crippen molar-refractivity contribution in [2.24, 2.45) is 5.92 Å². The van der Waals surface area contributed by atoms with Crippen LogP contribution in [0.3, 0.4) is 0 Å². The Bertz CT molecular complexity index is 688. The summed E-state index contributed by atoms with van der Waals surface area (Å²) in [5, 5.41) is 3.88. The standard InChI is InChI=1S/C14H16N4O2/c1-8(2)6-20-14-12-10(11-3-9(19)4-15-11)5-16-13(12)17-7-18-14/h3,5,7-8,15H,4,6H2,1-2H3,(H,16,17,18). The zero-order valence-electron chi connectivity index (χ0n) is 11.4. The van der Waals surface area contributed by atoms with Gasteiger partial charge in [-0.1, -0.05) is 13.8 Å². The number of nitrogens with zero attached hydrogens (tertiary/aromatic N) is 2. The molecule has 0 fully saturated rings. The smallest absolute Gasteiger partial charge is 0.226 e. The van der Waals surface area contributed by atoms with Crippen molar-refractivity contribution in [3.05, 3.63) is 24.2 Å². The van der Waals surface area contributed by atoms with E-state index in [9.17, 15) is 4.79 Å². The normalized spacial score (nSPS) is 14.8. The molecular weight excluding hydrogens is 256 g/mol. The van der Waals surface area contributed by atoms with Crippen molar-refractivity contribution in [3.8, 4) is 5.88 Å². The topological polar surface area (TPSA) is 79.9 Å². The third kappa shape index (κ3) is 2.24. The van der Waals surface area contributed by atoms with Gasteiger partial charge in [0.05, 0.1) is 18.5 Å². The average Bonchev–Trinajstić information content (AvgIpc) is 3.02. The third-order valence-corrected chi connectivity index (χ3v) is 3.04. The van der Waals surface area contributed by atoms with E-state index < -0.39 is 0 Å². The first-order chi connectivity index (χ1) is 9.65. The molecule has 6 nitrogen and oxygen atoms in total. The summed E-state index contributed by atoms with van der Waals surface area (Å²) >= 11 is 0. The van der Waals surface area contributed by atoms with Gasteiger partial charge in [0.2, 0.25) is 5.88 Å². The van der Waals surface area contributed by atoms with Gasteiger partial charge >= 0.3 is 0 Å². The molecule has 0 aliphatic carbocycles. The number of hydrogen-bond acceptors (Lipinski definition) is 5. The fourth-order valence-electron chi connectivity index (χ4n) is 2.12. The molecule has 1 aliphatic heterocycles. The fourth-order valence-corrected chi connectivity index (χ4v) is 2.12. The number of carbonyl (C=O) groups excluding carboxylic acids is 1. The molecule has 0 saturated heterocycles. The summed E-state index contributed by atoms with van der Waals surface area (Å²) in [6.45, 7) is 5.08. The molecule has 2 N–H and O–H groups in total. The van der Waals surface area contributed by atoms with Gasteiger partial charge in [-0.2, -0.15) is 0 Å². The number of H-pyrrole nitrogens is 1. The van der Waals surface area contributed by atoms with E-state index in [-0.39, 0.29) is 5.78 Å². The molecule has 1 aliphatic rings. The number of fused-ring (bicyclic) bond motifs is 1. The zero-order valence-corrected chi connectivity index (χ0v) is 11.4. The molecule has 3 heterocycles. The van der Waals surface area contributed by atoms with Gasteiger partial charge in [0.15, 0.2) is 5.78 Å². The number of aromatic amines is 1. The number of hydrogen-bond donors (Lipinski definition) is 2. The van der Waals surface area contributed by atoms with Gasteiger partial charge in [-0.05, 0) is 5.92 Å². The predicted molar refractivity (Wildman–Crippen MR) is 75.2 cm³/mol. The fraction of sp³-hybridized carbons (Fsp3) is 0.357. The Morgan fingerprint density at radius 3 is 2.95 bits per heavy atom. The first-order valence-corrected chi connectivity index (χ1v) is 6.59. The van der Waals surface area contributed by atoms with E-state index in [1.807, 2.05) is 6.20 Å². The molecule has 0 atom stereocenters. The molecule has 20 heavy (non-hydrogen) atoms. The van der Waals surface area contributed by atoms with Crippen LogP contribution in [0.25, 0.3) is 16.7 Å². The molecule has 6 heteroatoms. The van der Waals surface area contributed by atoms with Crippen molar-refractivity contribution in [1.82, 2.24) is 20.3 Å². The first kappa shape index (κ1) is 12.7. The van der Waals surface area contributed by atoms with Gasteiger partial charge in [-0.25, -0.2) is 9.97 Å². The van der Waals surface area contributed by atoms with Crippen LogP contribution in [0.4, 0.5) is 0 Å². The van der Waals surface area contributed by atoms with Crippen molar-refractivity contribution in [3.63, 3.8) is 0 Å². The lowest BCUT2D eigenvalue weighted by Crippen LogP contribution is -2.11. The number of ketones is 1. The lowest BCUT2D eigenvalue weighted by Gasteiger charge is -2.09. The Morgan fingerprint density at radius 1 is 1.40 bits per heavy atom. The quantitative estimate of drug-likeness (QED) is 0.881. The second-order valence-corrected chi connectivity index (χ2v) is 5.19. The van der Waals surface area contributed by atoms with E-state index in [4.69, 9.17) is 4.74 Å².